The number of rotatable bonds is 4. The first-order valence-electron chi connectivity index (χ1n) is 5.17. The molecule has 88 valence electrons. The highest BCUT2D eigenvalue weighted by atomic mass is 32.2. The van der Waals surface area contributed by atoms with Crippen LogP contribution in [0.4, 0.5) is 0 Å². The van der Waals surface area contributed by atoms with Crippen LogP contribution < -0.4 is 5.84 Å². The number of nitriles is 1. The van der Waals surface area contributed by atoms with Gasteiger partial charge in [0.1, 0.15) is 0 Å². The minimum atomic E-state index is -0.104. The molecule has 1 aromatic heterocycles. The molecule has 0 aromatic carbocycles. The summed E-state index contributed by atoms with van der Waals surface area (Å²) in [5.41, 5.74) is -0.104. The predicted molar refractivity (Wildman–Crippen MR) is 64.4 cm³/mol. The van der Waals surface area contributed by atoms with Crippen LogP contribution in [0.5, 0.6) is 0 Å². The van der Waals surface area contributed by atoms with E-state index in [-0.39, 0.29) is 5.41 Å². The molecule has 0 amide bonds. The lowest BCUT2D eigenvalue weighted by molar-refractivity contribution is 0.523. The SMILES string of the molecule is CC(C)(C)c1nnc(SCCCC#N)n1N. The highest BCUT2D eigenvalue weighted by Crippen LogP contribution is 2.23. The van der Waals surface area contributed by atoms with E-state index < -0.39 is 0 Å². The van der Waals surface area contributed by atoms with Gasteiger partial charge in [-0.2, -0.15) is 5.26 Å². The molecule has 0 aliphatic carbocycles. The Balaban J connectivity index is 2.63. The molecule has 0 spiro atoms. The van der Waals surface area contributed by atoms with Crippen LogP contribution in [0.3, 0.4) is 0 Å². The average molecular weight is 239 g/mol. The summed E-state index contributed by atoms with van der Waals surface area (Å²) >= 11 is 1.54. The lowest BCUT2D eigenvalue weighted by atomic mass is 9.96. The summed E-state index contributed by atoms with van der Waals surface area (Å²) in [7, 11) is 0. The Morgan fingerprint density at radius 3 is 2.62 bits per heavy atom. The maximum absolute atomic E-state index is 8.41. The monoisotopic (exact) mass is 239 g/mol. The van der Waals surface area contributed by atoms with Crippen molar-refractivity contribution in [3.8, 4) is 6.07 Å². The fourth-order valence-electron chi connectivity index (χ4n) is 1.20. The van der Waals surface area contributed by atoms with Gasteiger partial charge in [0.05, 0.1) is 6.07 Å². The second kappa shape index (κ2) is 5.21. The third-order valence-corrected chi connectivity index (χ3v) is 3.03. The lowest BCUT2D eigenvalue weighted by Gasteiger charge is -2.16. The number of unbranched alkanes of at least 4 members (excludes halogenated alkanes) is 1. The summed E-state index contributed by atoms with van der Waals surface area (Å²) in [6.07, 6.45) is 1.41. The number of hydrogen-bond acceptors (Lipinski definition) is 5. The van der Waals surface area contributed by atoms with E-state index in [0.29, 0.717) is 11.6 Å². The van der Waals surface area contributed by atoms with Gasteiger partial charge in [0.25, 0.3) is 0 Å². The minimum Gasteiger partial charge on any atom is -0.336 e. The van der Waals surface area contributed by atoms with Gasteiger partial charge in [-0.3, -0.25) is 0 Å². The molecule has 0 aliphatic rings. The number of nitrogens with two attached hydrogens (primary N) is 1. The molecule has 0 aliphatic heterocycles. The highest BCUT2D eigenvalue weighted by molar-refractivity contribution is 7.99. The maximum Gasteiger partial charge on any atom is 0.209 e. The molecule has 16 heavy (non-hydrogen) atoms. The van der Waals surface area contributed by atoms with Crippen molar-refractivity contribution in [3.05, 3.63) is 5.82 Å². The predicted octanol–water partition coefficient (Wildman–Crippen LogP) is 1.69. The molecule has 0 fully saturated rings. The molecule has 2 N–H and O–H groups in total. The smallest absolute Gasteiger partial charge is 0.209 e. The van der Waals surface area contributed by atoms with Crippen molar-refractivity contribution in [3.63, 3.8) is 0 Å². The molecular formula is C10H17N5S. The molecule has 5 nitrogen and oxygen atoms in total. The number of thioether (sulfide) groups is 1. The van der Waals surface area contributed by atoms with E-state index in [4.69, 9.17) is 11.1 Å². The highest BCUT2D eigenvalue weighted by Gasteiger charge is 2.22. The zero-order chi connectivity index (χ0) is 12.2. The van der Waals surface area contributed by atoms with Gasteiger partial charge < -0.3 is 5.84 Å². The first kappa shape index (κ1) is 12.8. The molecule has 1 heterocycles. The van der Waals surface area contributed by atoms with Gasteiger partial charge in [0.15, 0.2) is 5.82 Å². The van der Waals surface area contributed by atoms with Crippen LogP contribution in [0.1, 0.15) is 39.4 Å². The van der Waals surface area contributed by atoms with E-state index >= 15 is 0 Å². The molecule has 1 aromatic rings. The van der Waals surface area contributed by atoms with Crippen molar-refractivity contribution in [2.24, 2.45) is 0 Å². The summed E-state index contributed by atoms with van der Waals surface area (Å²) in [5, 5.41) is 17.3. The van der Waals surface area contributed by atoms with E-state index in [9.17, 15) is 0 Å². The average Bonchev–Trinajstić information content (AvgIpc) is 2.54. The number of hydrogen-bond donors (Lipinski definition) is 1. The Morgan fingerprint density at radius 1 is 1.44 bits per heavy atom. The second-order valence-corrected chi connectivity index (χ2v) is 5.60. The van der Waals surface area contributed by atoms with E-state index in [1.54, 1.807) is 0 Å². The van der Waals surface area contributed by atoms with Crippen molar-refractivity contribution >= 4 is 11.8 Å². The zero-order valence-electron chi connectivity index (χ0n) is 9.90. The van der Waals surface area contributed by atoms with Crippen LogP contribution in [0.2, 0.25) is 0 Å². The van der Waals surface area contributed by atoms with Gasteiger partial charge in [-0.25, -0.2) is 4.68 Å². The van der Waals surface area contributed by atoms with Gasteiger partial charge in [0.2, 0.25) is 5.16 Å². The summed E-state index contributed by atoms with van der Waals surface area (Å²) in [4.78, 5) is 0. The molecule has 1 rings (SSSR count). The topological polar surface area (TPSA) is 80.5 Å². The van der Waals surface area contributed by atoms with Gasteiger partial charge in [0, 0.05) is 17.6 Å². The Bertz CT molecular complexity index is 385. The van der Waals surface area contributed by atoms with Crippen LogP contribution in [-0.2, 0) is 5.41 Å². The number of nitrogen functional groups attached to an aromatic ring is 1. The Labute approximate surface area is 100 Å². The normalized spacial score (nSPS) is 11.4. The van der Waals surface area contributed by atoms with Gasteiger partial charge in [-0.15, -0.1) is 10.2 Å². The molecule has 0 saturated carbocycles. The molecule has 0 unspecified atom stereocenters. The summed E-state index contributed by atoms with van der Waals surface area (Å²) in [6.45, 7) is 6.14. The van der Waals surface area contributed by atoms with Crippen LogP contribution in [0.25, 0.3) is 0 Å². The summed E-state index contributed by atoms with van der Waals surface area (Å²) < 4.78 is 1.54. The molecule has 6 heteroatoms. The largest absolute Gasteiger partial charge is 0.336 e. The van der Waals surface area contributed by atoms with Crippen LogP contribution in [-0.4, -0.2) is 20.6 Å². The van der Waals surface area contributed by atoms with E-state index in [1.165, 1.54) is 16.4 Å². The summed E-state index contributed by atoms with van der Waals surface area (Å²) in [5.74, 6) is 7.52. The second-order valence-electron chi connectivity index (χ2n) is 4.54. The van der Waals surface area contributed by atoms with Gasteiger partial charge >= 0.3 is 0 Å². The first-order valence-corrected chi connectivity index (χ1v) is 6.16. The van der Waals surface area contributed by atoms with Gasteiger partial charge in [-0.1, -0.05) is 32.5 Å². The van der Waals surface area contributed by atoms with E-state index in [0.717, 1.165) is 18.0 Å². The van der Waals surface area contributed by atoms with E-state index in [1.807, 2.05) is 20.8 Å². The third-order valence-electron chi connectivity index (χ3n) is 2.00. The minimum absolute atomic E-state index is 0.104. The molecule has 0 saturated heterocycles. The first-order chi connectivity index (χ1) is 7.46. The van der Waals surface area contributed by atoms with E-state index in [2.05, 4.69) is 16.3 Å². The van der Waals surface area contributed by atoms with Crippen molar-refractivity contribution in [1.82, 2.24) is 14.9 Å². The molecule has 0 bridgehead atoms. The standard InChI is InChI=1S/C10H17N5S/c1-10(2,3)8-13-14-9(15(8)12)16-7-5-4-6-11/h4-5,7,12H2,1-3H3. The molecule has 0 atom stereocenters. The van der Waals surface area contributed by atoms with Crippen LogP contribution in [0.15, 0.2) is 5.16 Å². The number of nitrogens with zero attached hydrogens (tertiary/aromatic N) is 4. The van der Waals surface area contributed by atoms with Crippen LogP contribution >= 0.6 is 11.8 Å². The zero-order valence-corrected chi connectivity index (χ0v) is 10.7. The maximum atomic E-state index is 8.41. The lowest BCUT2D eigenvalue weighted by Crippen LogP contribution is -2.24. The summed E-state index contributed by atoms with van der Waals surface area (Å²) in [6, 6.07) is 2.11. The van der Waals surface area contributed by atoms with Crippen molar-refractivity contribution in [2.45, 2.75) is 44.2 Å². The van der Waals surface area contributed by atoms with Gasteiger partial charge in [-0.05, 0) is 6.42 Å². The Kier molecular flexibility index (Phi) is 4.19. The van der Waals surface area contributed by atoms with Crippen molar-refractivity contribution < 1.29 is 0 Å². The molecular weight excluding hydrogens is 222 g/mol. The fraction of sp³-hybridized carbons (Fsp3) is 0.700. The Morgan fingerprint density at radius 2 is 2.12 bits per heavy atom. The van der Waals surface area contributed by atoms with Crippen LogP contribution in [0, 0.1) is 11.3 Å². The molecule has 0 radical (unpaired) electrons. The Hall–Kier alpha value is -1.22. The quantitative estimate of drug-likeness (QED) is 0.491. The fourth-order valence-corrected chi connectivity index (χ4v) is 2.00. The number of aromatic nitrogens is 3. The van der Waals surface area contributed by atoms with Crippen molar-refractivity contribution in [1.29, 1.82) is 5.26 Å². The third kappa shape index (κ3) is 3.14. The van der Waals surface area contributed by atoms with Crippen molar-refractivity contribution in [2.75, 3.05) is 11.6 Å².